The molecule has 0 aliphatic carbocycles. The number of hydrogen-bond acceptors (Lipinski definition) is 2. The van der Waals surface area contributed by atoms with E-state index in [0.717, 1.165) is 15.6 Å². The SMILES string of the molecule is O=C(c1ccccc1OCc1ccccc1)[C@@H](Br)[C@H](Br)c1ccc(Br)cc1. The van der Waals surface area contributed by atoms with E-state index in [1.54, 1.807) is 6.07 Å². The second-order valence-electron chi connectivity index (χ2n) is 5.99. The van der Waals surface area contributed by atoms with Gasteiger partial charge in [0.05, 0.1) is 15.2 Å². The summed E-state index contributed by atoms with van der Waals surface area (Å²) in [4.78, 5) is 12.5. The van der Waals surface area contributed by atoms with Crippen molar-refractivity contribution in [2.75, 3.05) is 0 Å². The van der Waals surface area contributed by atoms with Gasteiger partial charge in [-0.05, 0) is 35.4 Å². The van der Waals surface area contributed by atoms with Gasteiger partial charge >= 0.3 is 0 Å². The molecule has 0 radical (unpaired) electrons. The lowest BCUT2D eigenvalue weighted by Gasteiger charge is -2.18. The van der Waals surface area contributed by atoms with Crippen LogP contribution in [0.4, 0.5) is 0 Å². The second kappa shape index (κ2) is 9.67. The summed E-state index contributed by atoms with van der Waals surface area (Å²) < 4.78 is 6.94. The minimum Gasteiger partial charge on any atom is -0.488 e. The maximum Gasteiger partial charge on any atom is 0.181 e. The van der Waals surface area contributed by atoms with Crippen molar-refractivity contribution in [2.24, 2.45) is 0 Å². The Morgan fingerprint density at radius 2 is 1.48 bits per heavy atom. The number of halogens is 3. The number of ether oxygens (including phenoxy) is 1. The molecule has 0 saturated carbocycles. The third-order valence-electron chi connectivity index (χ3n) is 4.09. The first kappa shape index (κ1) is 20.3. The Morgan fingerprint density at radius 3 is 2.19 bits per heavy atom. The van der Waals surface area contributed by atoms with E-state index in [4.69, 9.17) is 4.74 Å². The number of benzene rings is 3. The number of ketones is 1. The van der Waals surface area contributed by atoms with Crippen molar-refractivity contribution in [1.82, 2.24) is 0 Å². The molecule has 3 aromatic rings. The highest BCUT2D eigenvalue weighted by Gasteiger charge is 2.28. The van der Waals surface area contributed by atoms with Gasteiger partial charge in [-0.3, -0.25) is 4.79 Å². The molecule has 0 unspecified atom stereocenters. The third kappa shape index (κ3) is 5.31. The molecule has 0 N–H and O–H groups in total. The van der Waals surface area contributed by atoms with Crippen molar-refractivity contribution >= 4 is 53.6 Å². The first-order valence-electron chi connectivity index (χ1n) is 8.40. The van der Waals surface area contributed by atoms with E-state index in [0.29, 0.717) is 17.9 Å². The van der Waals surface area contributed by atoms with Gasteiger partial charge in [-0.1, -0.05) is 102 Å². The van der Waals surface area contributed by atoms with E-state index >= 15 is 0 Å². The first-order valence-corrected chi connectivity index (χ1v) is 11.0. The monoisotopic (exact) mass is 550 g/mol. The number of para-hydroxylation sites is 1. The van der Waals surface area contributed by atoms with E-state index in [1.165, 1.54) is 0 Å². The lowest BCUT2D eigenvalue weighted by atomic mass is 10.0. The van der Waals surface area contributed by atoms with Gasteiger partial charge in [-0.2, -0.15) is 0 Å². The Labute approximate surface area is 184 Å². The van der Waals surface area contributed by atoms with Gasteiger partial charge in [-0.25, -0.2) is 0 Å². The van der Waals surface area contributed by atoms with Crippen LogP contribution in [0, 0.1) is 0 Å². The second-order valence-corrected chi connectivity index (χ2v) is 8.88. The van der Waals surface area contributed by atoms with Crippen molar-refractivity contribution in [1.29, 1.82) is 0 Å². The minimum atomic E-state index is -0.417. The van der Waals surface area contributed by atoms with Crippen molar-refractivity contribution in [3.63, 3.8) is 0 Å². The highest BCUT2D eigenvalue weighted by Crippen LogP contribution is 2.35. The van der Waals surface area contributed by atoms with Gasteiger partial charge in [0, 0.05) is 4.47 Å². The summed E-state index contributed by atoms with van der Waals surface area (Å²) >= 11 is 10.7. The molecule has 2 nitrogen and oxygen atoms in total. The van der Waals surface area contributed by atoms with Crippen molar-refractivity contribution in [3.8, 4) is 5.75 Å². The van der Waals surface area contributed by atoms with Crippen LogP contribution >= 0.6 is 47.8 Å². The van der Waals surface area contributed by atoms with Crippen LogP contribution < -0.4 is 4.74 Å². The lowest BCUT2D eigenvalue weighted by Crippen LogP contribution is -2.20. The molecule has 138 valence electrons. The van der Waals surface area contributed by atoms with Crippen LogP contribution in [0.3, 0.4) is 0 Å². The highest BCUT2D eigenvalue weighted by atomic mass is 79.9. The topological polar surface area (TPSA) is 26.3 Å². The summed E-state index contributed by atoms with van der Waals surface area (Å²) in [5, 5.41) is 0. The summed E-state index contributed by atoms with van der Waals surface area (Å²) in [6.45, 7) is 0.419. The standard InChI is InChI=1S/C22H17Br3O2/c23-17-12-10-16(11-13-17)20(24)21(25)22(26)18-8-4-5-9-19(18)27-14-15-6-2-1-3-7-15/h1-13,20-21H,14H2/t20-,21+/m1/s1. The molecule has 0 amide bonds. The smallest absolute Gasteiger partial charge is 0.181 e. The fourth-order valence-corrected chi connectivity index (χ4v) is 3.99. The zero-order valence-electron chi connectivity index (χ0n) is 14.3. The van der Waals surface area contributed by atoms with E-state index in [1.807, 2.05) is 72.8 Å². The zero-order valence-corrected chi connectivity index (χ0v) is 19.1. The Hall–Kier alpha value is -1.43. The van der Waals surface area contributed by atoms with Crippen molar-refractivity contribution in [2.45, 2.75) is 16.3 Å². The maximum absolute atomic E-state index is 13.1. The number of rotatable bonds is 7. The van der Waals surface area contributed by atoms with E-state index in [9.17, 15) is 4.79 Å². The zero-order chi connectivity index (χ0) is 19.2. The molecule has 0 aromatic heterocycles. The van der Waals surface area contributed by atoms with Crippen LogP contribution in [0.25, 0.3) is 0 Å². The molecule has 0 aliphatic rings. The van der Waals surface area contributed by atoms with Gasteiger partial charge in [0.1, 0.15) is 12.4 Å². The summed E-state index contributed by atoms with van der Waals surface area (Å²) in [6.07, 6.45) is 0. The maximum atomic E-state index is 13.1. The van der Waals surface area contributed by atoms with Crippen molar-refractivity contribution < 1.29 is 9.53 Å². The molecule has 0 saturated heterocycles. The lowest BCUT2D eigenvalue weighted by molar-refractivity contribution is 0.0986. The molecule has 3 aromatic carbocycles. The quantitative estimate of drug-likeness (QED) is 0.231. The van der Waals surface area contributed by atoms with Crippen LogP contribution in [0.5, 0.6) is 5.75 Å². The third-order valence-corrected chi connectivity index (χ3v) is 7.33. The molecular formula is C22H17Br3O2. The fourth-order valence-electron chi connectivity index (χ4n) is 2.63. The van der Waals surface area contributed by atoms with Crippen LogP contribution in [0.15, 0.2) is 83.3 Å². The highest BCUT2D eigenvalue weighted by molar-refractivity contribution is 9.12. The van der Waals surface area contributed by atoms with Gasteiger partial charge in [0.2, 0.25) is 0 Å². The average molecular weight is 553 g/mol. The Morgan fingerprint density at radius 1 is 0.852 bits per heavy atom. The molecule has 0 spiro atoms. The van der Waals surface area contributed by atoms with Crippen LogP contribution in [0.1, 0.15) is 26.3 Å². The molecular weight excluding hydrogens is 536 g/mol. The molecule has 0 heterocycles. The predicted molar refractivity (Wildman–Crippen MR) is 120 cm³/mol. The summed E-state index contributed by atoms with van der Waals surface area (Å²) in [7, 11) is 0. The first-order chi connectivity index (χ1) is 13.1. The summed E-state index contributed by atoms with van der Waals surface area (Å²) in [5.41, 5.74) is 2.65. The molecule has 0 fully saturated rings. The van der Waals surface area contributed by atoms with Gasteiger partial charge in [-0.15, -0.1) is 0 Å². The Balaban J connectivity index is 1.76. The summed E-state index contributed by atoms with van der Waals surface area (Å²) in [5.74, 6) is 0.565. The van der Waals surface area contributed by atoms with Crippen LogP contribution in [-0.4, -0.2) is 10.6 Å². The average Bonchev–Trinajstić information content (AvgIpc) is 2.72. The molecule has 0 bridgehead atoms. The Bertz CT molecular complexity index is 895. The van der Waals surface area contributed by atoms with Crippen LogP contribution in [-0.2, 0) is 6.61 Å². The van der Waals surface area contributed by atoms with E-state index in [-0.39, 0.29) is 10.6 Å². The number of carbonyl (C=O) groups excluding carboxylic acids is 1. The molecule has 27 heavy (non-hydrogen) atoms. The molecule has 5 heteroatoms. The fraction of sp³-hybridized carbons (Fsp3) is 0.136. The predicted octanol–water partition coefficient (Wildman–Crippen LogP) is 7.11. The molecule has 2 atom stereocenters. The largest absolute Gasteiger partial charge is 0.488 e. The molecule has 0 aliphatic heterocycles. The number of carbonyl (C=O) groups is 1. The van der Waals surface area contributed by atoms with Crippen LogP contribution in [0.2, 0.25) is 0 Å². The Kier molecular flexibility index (Phi) is 7.27. The minimum absolute atomic E-state index is 0.0246. The number of hydrogen-bond donors (Lipinski definition) is 0. The van der Waals surface area contributed by atoms with E-state index < -0.39 is 4.83 Å². The van der Waals surface area contributed by atoms with E-state index in [2.05, 4.69) is 47.8 Å². The number of alkyl halides is 2. The van der Waals surface area contributed by atoms with Gasteiger partial charge in [0.25, 0.3) is 0 Å². The molecule has 3 rings (SSSR count). The van der Waals surface area contributed by atoms with Crippen molar-refractivity contribution in [3.05, 3.63) is 100 Å². The van der Waals surface area contributed by atoms with Gasteiger partial charge < -0.3 is 4.74 Å². The normalized spacial score (nSPS) is 13.0. The number of Topliss-reactive ketones (excluding diaryl/α,β-unsaturated/α-hetero) is 1. The van der Waals surface area contributed by atoms with Gasteiger partial charge in [0.15, 0.2) is 5.78 Å². The summed E-state index contributed by atoms with van der Waals surface area (Å²) in [6, 6.07) is 25.2.